The molecule has 43 heavy (non-hydrogen) atoms. The van der Waals surface area contributed by atoms with Crippen LogP contribution in [0, 0.1) is 0 Å². The molecule has 0 aliphatic carbocycles. The summed E-state index contributed by atoms with van der Waals surface area (Å²) in [6, 6.07) is 41.2. The molecule has 0 amide bonds. The van der Waals surface area contributed by atoms with E-state index in [4.69, 9.17) is 31.0 Å². The third kappa shape index (κ3) is 3.86. The summed E-state index contributed by atoms with van der Waals surface area (Å²) in [7, 11) is 0. The van der Waals surface area contributed by atoms with Crippen molar-refractivity contribution in [2.24, 2.45) is 0 Å². The summed E-state index contributed by atoms with van der Waals surface area (Å²) < 4.78 is 9.09. The van der Waals surface area contributed by atoms with E-state index in [-0.39, 0.29) is 0 Å². The molecule has 3 heterocycles. The van der Waals surface area contributed by atoms with Gasteiger partial charge >= 0.3 is 0 Å². The number of furan rings is 1. The fourth-order valence-corrected chi connectivity index (χ4v) is 7.35. The van der Waals surface area contributed by atoms with Crippen molar-refractivity contribution in [3.63, 3.8) is 0 Å². The van der Waals surface area contributed by atoms with E-state index in [1.165, 1.54) is 20.2 Å². The number of benzene rings is 6. The number of rotatable bonds is 3. The minimum absolute atomic E-state index is 0.533. The van der Waals surface area contributed by atoms with E-state index < -0.39 is 0 Å². The van der Waals surface area contributed by atoms with Gasteiger partial charge in [0.05, 0.1) is 10.6 Å². The van der Waals surface area contributed by atoms with Crippen LogP contribution in [0.4, 0.5) is 0 Å². The second-order valence-corrected chi connectivity index (χ2v) is 12.0. The average molecular weight is 590 g/mol. The lowest BCUT2D eigenvalue weighted by molar-refractivity contribution is 0.673. The van der Waals surface area contributed by atoms with Gasteiger partial charge in [-0.1, -0.05) is 103 Å². The van der Waals surface area contributed by atoms with E-state index in [0.29, 0.717) is 28.1 Å². The molecule has 202 valence electrons. The normalized spacial score (nSPS) is 11.8. The monoisotopic (exact) mass is 589 g/mol. The molecule has 0 bridgehead atoms. The molecule has 0 aliphatic rings. The molecule has 6 aromatic carbocycles. The van der Waals surface area contributed by atoms with Crippen LogP contribution in [0.5, 0.6) is 0 Å². The summed E-state index contributed by atoms with van der Waals surface area (Å²) in [5.41, 5.74) is 4.07. The summed E-state index contributed by atoms with van der Waals surface area (Å²) in [5.74, 6) is 1.74. The molecule has 0 saturated carbocycles. The van der Waals surface area contributed by atoms with Gasteiger partial charge in [-0.2, -0.15) is 0 Å². The first-order valence-corrected chi connectivity index (χ1v) is 15.2. The fourth-order valence-electron chi connectivity index (χ4n) is 5.95. The van der Waals surface area contributed by atoms with Crippen molar-refractivity contribution in [1.29, 1.82) is 0 Å². The van der Waals surface area contributed by atoms with Crippen LogP contribution in [0.15, 0.2) is 126 Å². The predicted molar refractivity (Wildman–Crippen MR) is 179 cm³/mol. The van der Waals surface area contributed by atoms with Gasteiger partial charge in [0.25, 0.3) is 0 Å². The van der Waals surface area contributed by atoms with Crippen LogP contribution in [0.3, 0.4) is 0 Å². The van der Waals surface area contributed by atoms with Crippen LogP contribution >= 0.6 is 22.9 Å². The zero-order valence-corrected chi connectivity index (χ0v) is 24.2. The maximum Gasteiger partial charge on any atom is 0.167 e. The highest BCUT2D eigenvalue weighted by Crippen LogP contribution is 2.42. The molecule has 9 aromatic rings. The molecule has 0 spiro atoms. The molecule has 0 saturated heterocycles. The SMILES string of the molecule is Clc1ccc(-c2nc(-c3ccccc3)nc(-c3ccc4c(c3)sc3ccccc34)n2)c2oc3c4ccccc4ccc3c12. The Morgan fingerprint density at radius 3 is 2.09 bits per heavy atom. The number of nitrogens with zero attached hydrogens (tertiary/aromatic N) is 3. The van der Waals surface area contributed by atoms with Crippen LogP contribution in [-0.4, -0.2) is 15.0 Å². The van der Waals surface area contributed by atoms with E-state index in [1.54, 1.807) is 11.3 Å². The van der Waals surface area contributed by atoms with Crippen molar-refractivity contribution in [3.8, 4) is 34.2 Å². The number of hydrogen-bond donors (Lipinski definition) is 0. The Balaban J connectivity index is 1.31. The Morgan fingerprint density at radius 2 is 1.21 bits per heavy atom. The van der Waals surface area contributed by atoms with Gasteiger partial charge in [-0.05, 0) is 35.7 Å². The molecule has 0 N–H and O–H groups in total. The van der Waals surface area contributed by atoms with E-state index in [1.807, 2.05) is 54.6 Å². The lowest BCUT2D eigenvalue weighted by Crippen LogP contribution is -2.00. The maximum absolute atomic E-state index is 6.82. The van der Waals surface area contributed by atoms with Gasteiger partial charge in [0.15, 0.2) is 17.5 Å². The molecule has 9 rings (SSSR count). The van der Waals surface area contributed by atoms with Gasteiger partial charge in [-0.3, -0.25) is 0 Å². The largest absolute Gasteiger partial charge is 0.455 e. The van der Waals surface area contributed by atoms with Gasteiger partial charge < -0.3 is 4.42 Å². The van der Waals surface area contributed by atoms with Gasteiger partial charge in [0.1, 0.15) is 11.2 Å². The van der Waals surface area contributed by atoms with Gasteiger partial charge in [0.2, 0.25) is 0 Å². The van der Waals surface area contributed by atoms with E-state index in [2.05, 4.69) is 66.7 Å². The van der Waals surface area contributed by atoms with Crippen LogP contribution in [-0.2, 0) is 0 Å². The first-order valence-electron chi connectivity index (χ1n) is 14.0. The van der Waals surface area contributed by atoms with Crippen LogP contribution < -0.4 is 0 Å². The lowest BCUT2D eigenvalue weighted by Gasteiger charge is -2.09. The summed E-state index contributed by atoms with van der Waals surface area (Å²) >= 11 is 8.60. The third-order valence-corrected chi connectivity index (χ3v) is 9.45. The first kappa shape index (κ1) is 24.5. The van der Waals surface area contributed by atoms with Crippen molar-refractivity contribution in [1.82, 2.24) is 15.0 Å². The molecular weight excluding hydrogens is 570 g/mol. The summed E-state index contributed by atoms with van der Waals surface area (Å²) in [6.45, 7) is 0. The first-order chi connectivity index (χ1) is 21.2. The standard InChI is InChI=1S/C37H20ClN3OS/c38-29-19-18-28(34-32(29)27-17-14-21-8-4-5-11-24(21)33(27)42-34)37-40-35(22-9-2-1-3-10-22)39-36(41-37)23-15-16-26-25-12-6-7-13-30(25)43-31(26)20-23/h1-20H. The predicted octanol–water partition coefficient (Wildman–Crippen LogP) is 10.9. The smallest absolute Gasteiger partial charge is 0.167 e. The molecule has 3 aromatic heterocycles. The van der Waals surface area contributed by atoms with E-state index >= 15 is 0 Å². The molecule has 6 heteroatoms. The highest BCUT2D eigenvalue weighted by molar-refractivity contribution is 7.25. The van der Waals surface area contributed by atoms with Gasteiger partial charge in [0, 0.05) is 47.5 Å². The summed E-state index contributed by atoms with van der Waals surface area (Å²) in [6.07, 6.45) is 0. The quantitative estimate of drug-likeness (QED) is 0.206. The number of fused-ring (bicyclic) bond motifs is 8. The zero-order chi connectivity index (χ0) is 28.5. The molecule has 0 radical (unpaired) electrons. The fraction of sp³-hybridized carbons (Fsp3) is 0. The van der Waals surface area contributed by atoms with Crippen LogP contribution in [0.25, 0.3) is 87.0 Å². The molecule has 0 atom stereocenters. The summed E-state index contributed by atoms with van der Waals surface area (Å²) in [4.78, 5) is 15.0. The molecule has 0 aliphatic heterocycles. The van der Waals surface area contributed by atoms with Gasteiger partial charge in [-0.25, -0.2) is 15.0 Å². The highest BCUT2D eigenvalue weighted by Gasteiger charge is 2.21. The van der Waals surface area contributed by atoms with Gasteiger partial charge in [-0.15, -0.1) is 11.3 Å². The average Bonchev–Trinajstić information content (AvgIpc) is 3.64. The minimum Gasteiger partial charge on any atom is -0.455 e. The van der Waals surface area contributed by atoms with Crippen LogP contribution in [0.2, 0.25) is 5.02 Å². The third-order valence-electron chi connectivity index (χ3n) is 8.01. The Kier molecular flexibility index (Phi) is 5.39. The molecular formula is C37H20ClN3OS. The Bertz CT molecular complexity index is 2530. The van der Waals surface area contributed by atoms with Crippen molar-refractivity contribution < 1.29 is 4.42 Å². The van der Waals surface area contributed by atoms with Crippen molar-refractivity contribution >= 4 is 75.8 Å². The Hall–Kier alpha value is -5.10. The highest BCUT2D eigenvalue weighted by atomic mass is 35.5. The van der Waals surface area contributed by atoms with Crippen LogP contribution in [0.1, 0.15) is 0 Å². The topological polar surface area (TPSA) is 51.8 Å². The Morgan fingerprint density at radius 1 is 0.512 bits per heavy atom. The number of aromatic nitrogens is 3. The second-order valence-electron chi connectivity index (χ2n) is 10.5. The minimum atomic E-state index is 0.533. The van der Waals surface area contributed by atoms with E-state index in [0.717, 1.165) is 43.8 Å². The molecule has 4 nitrogen and oxygen atoms in total. The second kappa shape index (κ2) is 9.46. The number of thiophene rings is 1. The summed E-state index contributed by atoms with van der Waals surface area (Å²) in [5, 5.41) is 7.09. The number of halogens is 1. The lowest BCUT2D eigenvalue weighted by atomic mass is 10.0. The van der Waals surface area contributed by atoms with Crippen molar-refractivity contribution in [2.45, 2.75) is 0 Å². The molecule has 0 unspecified atom stereocenters. The van der Waals surface area contributed by atoms with Crippen molar-refractivity contribution in [3.05, 3.63) is 126 Å². The molecule has 0 fully saturated rings. The maximum atomic E-state index is 6.82. The van der Waals surface area contributed by atoms with Crippen molar-refractivity contribution in [2.75, 3.05) is 0 Å². The zero-order valence-electron chi connectivity index (χ0n) is 22.6. The Labute approximate surface area is 254 Å². The number of hydrogen-bond acceptors (Lipinski definition) is 5. The van der Waals surface area contributed by atoms with E-state index in [9.17, 15) is 0 Å².